The topological polar surface area (TPSA) is 55.5 Å². The normalized spacial score (nSPS) is 30.1. The SMILES string of the molecule is COc1ccc(C2(O)CCC(N)CC2)cc1. The third-order valence-corrected chi connectivity index (χ3v) is 3.48. The van der Waals surface area contributed by atoms with Crippen LogP contribution in [0.4, 0.5) is 0 Å². The van der Waals surface area contributed by atoms with Gasteiger partial charge in [0.1, 0.15) is 5.75 Å². The first-order valence-corrected chi connectivity index (χ1v) is 5.76. The third kappa shape index (κ3) is 2.20. The van der Waals surface area contributed by atoms with E-state index in [2.05, 4.69) is 0 Å². The van der Waals surface area contributed by atoms with Crippen molar-refractivity contribution in [3.63, 3.8) is 0 Å². The standard InChI is InChI=1S/C13H19NO2/c1-16-12-4-2-10(3-5-12)13(15)8-6-11(14)7-9-13/h2-5,11,15H,6-9,14H2,1H3. The number of aliphatic hydroxyl groups is 1. The molecular formula is C13H19NO2. The molecule has 1 aromatic carbocycles. The number of hydrogen-bond donors (Lipinski definition) is 2. The molecule has 88 valence electrons. The Balaban J connectivity index is 2.16. The third-order valence-electron chi connectivity index (χ3n) is 3.48. The lowest BCUT2D eigenvalue weighted by Gasteiger charge is -2.35. The molecule has 1 fully saturated rings. The lowest BCUT2D eigenvalue weighted by molar-refractivity contribution is -0.00498. The Bertz CT molecular complexity index is 339. The summed E-state index contributed by atoms with van der Waals surface area (Å²) in [6, 6.07) is 7.91. The Morgan fingerprint density at radius 1 is 1.25 bits per heavy atom. The van der Waals surface area contributed by atoms with E-state index < -0.39 is 5.60 Å². The molecule has 2 rings (SSSR count). The molecule has 0 aliphatic heterocycles. The average Bonchev–Trinajstić information content (AvgIpc) is 2.33. The van der Waals surface area contributed by atoms with Gasteiger partial charge in [-0.05, 0) is 43.4 Å². The largest absolute Gasteiger partial charge is 0.497 e. The van der Waals surface area contributed by atoms with Gasteiger partial charge in [-0.2, -0.15) is 0 Å². The highest BCUT2D eigenvalue weighted by Crippen LogP contribution is 2.36. The van der Waals surface area contributed by atoms with Crippen LogP contribution in [-0.2, 0) is 5.60 Å². The molecule has 0 bridgehead atoms. The van der Waals surface area contributed by atoms with E-state index in [1.54, 1.807) is 7.11 Å². The van der Waals surface area contributed by atoms with Crippen molar-refractivity contribution in [2.45, 2.75) is 37.3 Å². The quantitative estimate of drug-likeness (QED) is 0.800. The van der Waals surface area contributed by atoms with Crippen molar-refractivity contribution >= 4 is 0 Å². The van der Waals surface area contributed by atoms with Crippen molar-refractivity contribution in [3.05, 3.63) is 29.8 Å². The molecule has 1 aliphatic rings. The molecule has 16 heavy (non-hydrogen) atoms. The van der Waals surface area contributed by atoms with E-state index in [0.717, 1.165) is 37.0 Å². The second kappa shape index (κ2) is 4.44. The second-order valence-corrected chi connectivity index (χ2v) is 4.60. The lowest BCUT2D eigenvalue weighted by Crippen LogP contribution is -2.36. The fourth-order valence-corrected chi connectivity index (χ4v) is 2.31. The fourth-order valence-electron chi connectivity index (χ4n) is 2.31. The van der Waals surface area contributed by atoms with E-state index in [-0.39, 0.29) is 6.04 Å². The smallest absolute Gasteiger partial charge is 0.118 e. The average molecular weight is 221 g/mol. The predicted molar refractivity (Wildman–Crippen MR) is 63.3 cm³/mol. The Morgan fingerprint density at radius 2 is 1.81 bits per heavy atom. The van der Waals surface area contributed by atoms with Gasteiger partial charge in [-0.15, -0.1) is 0 Å². The van der Waals surface area contributed by atoms with E-state index >= 15 is 0 Å². The summed E-state index contributed by atoms with van der Waals surface area (Å²) in [4.78, 5) is 0. The van der Waals surface area contributed by atoms with Crippen LogP contribution in [-0.4, -0.2) is 18.3 Å². The molecule has 0 heterocycles. The minimum absolute atomic E-state index is 0.249. The first-order chi connectivity index (χ1) is 7.64. The number of methoxy groups -OCH3 is 1. The maximum Gasteiger partial charge on any atom is 0.118 e. The second-order valence-electron chi connectivity index (χ2n) is 4.60. The molecule has 0 saturated heterocycles. The van der Waals surface area contributed by atoms with Crippen LogP contribution in [0.25, 0.3) is 0 Å². The monoisotopic (exact) mass is 221 g/mol. The predicted octanol–water partition coefficient (Wildman–Crippen LogP) is 1.78. The molecule has 1 aromatic rings. The summed E-state index contributed by atoms with van der Waals surface area (Å²) in [6.45, 7) is 0. The maximum atomic E-state index is 10.5. The Hall–Kier alpha value is -1.06. The zero-order valence-corrected chi connectivity index (χ0v) is 9.65. The van der Waals surface area contributed by atoms with Gasteiger partial charge in [-0.3, -0.25) is 0 Å². The van der Waals surface area contributed by atoms with Gasteiger partial charge in [-0.25, -0.2) is 0 Å². The number of nitrogens with two attached hydrogens (primary N) is 1. The van der Waals surface area contributed by atoms with Gasteiger partial charge >= 0.3 is 0 Å². The van der Waals surface area contributed by atoms with Crippen LogP contribution >= 0.6 is 0 Å². The summed E-state index contributed by atoms with van der Waals surface area (Å²) in [5, 5.41) is 10.5. The van der Waals surface area contributed by atoms with Crippen molar-refractivity contribution in [1.82, 2.24) is 0 Å². The van der Waals surface area contributed by atoms with E-state index in [9.17, 15) is 5.11 Å². The Labute approximate surface area is 96.2 Å². The number of benzene rings is 1. The van der Waals surface area contributed by atoms with Crippen molar-refractivity contribution in [1.29, 1.82) is 0 Å². The van der Waals surface area contributed by atoms with Crippen LogP contribution in [0.1, 0.15) is 31.2 Å². The molecule has 3 nitrogen and oxygen atoms in total. The summed E-state index contributed by atoms with van der Waals surface area (Å²) < 4.78 is 5.10. The molecule has 1 aliphatic carbocycles. The highest BCUT2D eigenvalue weighted by Gasteiger charge is 2.33. The number of rotatable bonds is 2. The van der Waals surface area contributed by atoms with Crippen molar-refractivity contribution in [3.8, 4) is 5.75 Å². The molecule has 3 N–H and O–H groups in total. The van der Waals surface area contributed by atoms with Gasteiger partial charge < -0.3 is 15.6 Å². The molecule has 3 heteroatoms. The summed E-state index contributed by atoms with van der Waals surface area (Å²) in [7, 11) is 1.64. The summed E-state index contributed by atoms with van der Waals surface area (Å²) in [5.74, 6) is 0.819. The maximum absolute atomic E-state index is 10.5. The number of hydrogen-bond acceptors (Lipinski definition) is 3. The summed E-state index contributed by atoms with van der Waals surface area (Å²) >= 11 is 0. The number of ether oxygens (including phenoxy) is 1. The molecule has 0 radical (unpaired) electrons. The van der Waals surface area contributed by atoms with Crippen LogP contribution in [0.3, 0.4) is 0 Å². The van der Waals surface area contributed by atoms with E-state index in [4.69, 9.17) is 10.5 Å². The molecule has 0 amide bonds. The molecule has 0 aromatic heterocycles. The zero-order valence-electron chi connectivity index (χ0n) is 9.65. The first kappa shape index (κ1) is 11.4. The Morgan fingerprint density at radius 3 is 2.31 bits per heavy atom. The van der Waals surface area contributed by atoms with Crippen molar-refractivity contribution in [2.75, 3.05) is 7.11 Å². The lowest BCUT2D eigenvalue weighted by atomic mass is 9.78. The minimum Gasteiger partial charge on any atom is -0.497 e. The molecule has 0 spiro atoms. The van der Waals surface area contributed by atoms with Crippen LogP contribution < -0.4 is 10.5 Å². The highest BCUT2D eigenvalue weighted by atomic mass is 16.5. The van der Waals surface area contributed by atoms with Gasteiger partial charge in [0.25, 0.3) is 0 Å². The van der Waals surface area contributed by atoms with E-state index in [1.165, 1.54) is 0 Å². The molecular weight excluding hydrogens is 202 g/mol. The minimum atomic E-state index is -0.692. The van der Waals surface area contributed by atoms with E-state index in [1.807, 2.05) is 24.3 Å². The van der Waals surface area contributed by atoms with Crippen LogP contribution in [0.15, 0.2) is 24.3 Å². The molecule has 0 unspecified atom stereocenters. The Kier molecular flexibility index (Phi) is 3.17. The van der Waals surface area contributed by atoms with Crippen LogP contribution in [0, 0.1) is 0 Å². The first-order valence-electron chi connectivity index (χ1n) is 5.76. The summed E-state index contributed by atoms with van der Waals surface area (Å²) in [6.07, 6.45) is 3.28. The van der Waals surface area contributed by atoms with Crippen molar-refractivity contribution in [2.24, 2.45) is 5.73 Å². The zero-order chi connectivity index (χ0) is 11.6. The van der Waals surface area contributed by atoms with Crippen LogP contribution in [0.2, 0.25) is 0 Å². The molecule has 1 saturated carbocycles. The van der Waals surface area contributed by atoms with Gasteiger partial charge in [-0.1, -0.05) is 12.1 Å². The van der Waals surface area contributed by atoms with Gasteiger partial charge in [0.2, 0.25) is 0 Å². The summed E-state index contributed by atoms with van der Waals surface area (Å²) in [5.41, 5.74) is 6.13. The van der Waals surface area contributed by atoms with Crippen molar-refractivity contribution < 1.29 is 9.84 Å². The van der Waals surface area contributed by atoms with Gasteiger partial charge in [0.15, 0.2) is 0 Å². The fraction of sp³-hybridized carbons (Fsp3) is 0.538. The van der Waals surface area contributed by atoms with E-state index in [0.29, 0.717) is 0 Å². The van der Waals surface area contributed by atoms with Gasteiger partial charge in [0.05, 0.1) is 12.7 Å². The van der Waals surface area contributed by atoms with Crippen LogP contribution in [0.5, 0.6) is 5.75 Å². The highest BCUT2D eigenvalue weighted by molar-refractivity contribution is 5.31. The molecule has 0 atom stereocenters. The van der Waals surface area contributed by atoms with Gasteiger partial charge in [0, 0.05) is 6.04 Å².